The fraction of sp³-hybridized carbons (Fsp3) is 0.368. The molecule has 1 fully saturated rings. The summed E-state index contributed by atoms with van der Waals surface area (Å²) >= 11 is 0. The lowest BCUT2D eigenvalue weighted by Crippen LogP contribution is -2.16. The molecule has 0 bridgehead atoms. The monoisotopic (exact) mass is 360 g/mol. The van der Waals surface area contributed by atoms with E-state index in [0.29, 0.717) is 23.7 Å². The molecule has 2 aromatic rings. The maximum atomic E-state index is 12.1. The van der Waals surface area contributed by atoms with Crippen LogP contribution in [0, 0.1) is 0 Å². The maximum Gasteiger partial charge on any atom is 0.373 e. The number of carbonyl (C=O) groups excluding carboxylic acids is 2. The molecule has 0 radical (unpaired) electrons. The molecule has 0 saturated carbocycles. The molecule has 0 spiro atoms. The second kappa shape index (κ2) is 8.53. The van der Waals surface area contributed by atoms with Gasteiger partial charge in [-0.25, -0.2) is 9.59 Å². The molecule has 1 atom stereocenters. The topological polar surface area (TPSA) is 84.2 Å². The summed E-state index contributed by atoms with van der Waals surface area (Å²) in [6.45, 7) is 1.22. The van der Waals surface area contributed by atoms with E-state index in [-0.39, 0.29) is 18.5 Å². The van der Waals surface area contributed by atoms with Crippen molar-refractivity contribution >= 4 is 11.9 Å². The average molecular weight is 360 g/mol. The number of methoxy groups -OCH3 is 1. The van der Waals surface area contributed by atoms with Gasteiger partial charge in [-0.3, -0.25) is 0 Å². The predicted octanol–water partition coefficient (Wildman–Crippen LogP) is 2.98. The third-order valence-corrected chi connectivity index (χ3v) is 3.94. The van der Waals surface area contributed by atoms with E-state index in [0.717, 1.165) is 19.4 Å². The molecule has 0 aliphatic carbocycles. The fourth-order valence-corrected chi connectivity index (χ4v) is 2.54. The Morgan fingerprint density at radius 1 is 1.12 bits per heavy atom. The van der Waals surface area contributed by atoms with Crippen LogP contribution in [0.4, 0.5) is 0 Å². The van der Waals surface area contributed by atoms with E-state index < -0.39 is 11.9 Å². The second-order valence-corrected chi connectivity index (χ2v) is 5.80. The van der Waals surface area contributed by atoms with Crippen LogP contribution in [0.1, 0.15) is 39.5 Å². The lowest BCUT2D eigenvalue weighted by molar-refractivity contribution is 0.0438. The van der Waals surface area contributed by atoms with Gasteiger partial charge in [0.05, 0.1) is 18.8 Å². The Balaban J connectivity index is 1.48. The van der Waals surface area contributed by atoms with Crippen LogP contribution in [0.15, 0.2) is 40.8 Å². The van der Waals surface area contributed by atoms with Gasteiger partial charge < -0.3 is 23.4 Å². The van der Waals surface area contributed by atoms with Gasteiger partial charge in [0.25, 0.3) is 0 Å². The van der Waals surface area contributed by atoms with Crippen molar-refractivity contribution in [2.45, 2.75) is 25.6 Å². The van der Waals surface area contributed by atoms with Crippen LogP contribution in [-0.4, -0.2) is 38.4 Å². The van der Waals surface area contributed by atoms with Crippen LogP contribution in [-0.2, 0) is 20.8 Å². The summed E-state index contributed by atoms with van der Waals surface area (Å²) in [5.74, 6) is 0.0141. The number of ether oxygens (including phenoxy) is 4. The molecule has 1 aromatic carbocycles. The third kappa shape index (κ3) is 4.64. The van der Waals surface area contributed by atoms with Crippen LogP contribution in [0.2, 0.25) is 0 Å². The Morgan fingerprint density at radius 3 is 2.62 bits per heavy atom. The van der Waals surface area contributed by atoms with Crippen LogP contribution >= 0.6 is 0 Å². The van der Waals surface area contributed by atoms with Gasteiger partial charge in [-0.2, -0.15) is 0 Å². The Morgan fingerprint density at radius 2 is 1.92 bits per heavy atom. The molecule has 138 valence electrons. The molecule has 1 aromatic heterocycles. The molecular formula is C19H20O7. The van der Waals surface area contributed by atoms with E-state index in [4.69, 9.17) is 18.6 Å². The Bertz CT molecular complexity index is 742. The lowest BCUT2D eigenvalue weighted by Gasteiger charge is -2.11. The van der Waals surface area contributed by atoms with E-state index in [9.17, 15) is 9.59 Å². The molecule has 7 heteroatoms. The Labute approximate surface area is 150 Å². The number of carbonyl (C=O) groups is 2. The molecule has 1 saturated heterocycles. The summed E-state index contributed by atoms with van der Waals surface area (Å²) in [6.07, 6.45) is 2.22. The van der Waals surface area contributed by atoms with Crippen molar-refractivity contribution in [3.8, 4) is 5.75 Å². The SMILES string of the molecule is COC(=O)c1ccc(COC(=O)c2ccc(OC[C@H]3CCCO3)cc2)o1. The summed E-state index contributed by atoms with van der Waals surface area (Å²) < 4.78 is 26.1. The first-order chi connectivity index (χ1) is 12.7. The first-order valence-electron chi connectivity index (χ1n) is 8.34. The molecule has 1 aliphatic heterocycles. The van der Waals surface area contributed by atoms with E-state index in [1.54, 1.807) is 30.3 Å². The van der Waals surface area contributed by atoms with Crippen molar-refractivity contribution in [3.63, 3.8) is 0 Å². The molecule has 0 unspecified atom stereocenters. The molecule has 2 heterocycles. The minimum Gasteiger partial charge on any atom is -0.491 e. The minimum absolute atomic E-state index is 0.0614. The standard InChI is InChI=1S/C19H20O7/c1-22-19(21)17-9-8-16(26-17)12-25-18(20)13-4-6-14(7-5-13)24-11-15-3-2-10-23-15/h4-9,15H,2-3,10-12H2,1H3/t15-/m1/s1. The highest BCUT2D eigenvalue weighted by Gasteiger charge is 2.16. The third-order valence-electron chi connectivity index (χ3n) is 3.94. The number of hydrogen-bond donors (Lipinski definition) is 0. The van der Waals surface area contributed by atoms with Gasteiger partial charge in [0.15, 0.2) is 0 Å². The van der Waals surface area contributed by atoms with Gasteiger partial charge in [0.1, 0.15) is 24.7 Å². The molecule has 1 aliphatic rings. The van der Waals surface area contributed by atoms with Gasteiger partial charge in [-0.1, -0.05) is 0 Å². The first-order valence-corrected chi connectivity index (χ1v) is 8.34. The van der Waals surface area contributed by atoms with Crippen molar-refractivity contribution < 1.29 is 33.0 Å². The zero-order valence-electron chi connectivity index (χ0n) is 14.4. The molecule has 0 N–H and O–H groups in total. The zero-order valence-corrected chi connectivity index (χ0v) is 14.4. The van der Waals surface area contributed by atoms with E-state index in [2.05, 4.69) is 4.74 Å². The summed E-state index contributed by atoms with van der Waals surface area (Å²) in [6, 6.07) is 9.72. The highest BCUT2D eigenvalue weighted by Crippen LogP contribution is 2.17. The Hall–Kier alpha value is -2.80. The van der Waals surface area contributed by atoms with Crippen molar-refractivity contribution in [1.82, 2.24) is 0 Å². The highest BCUT2D eigenvalue weighted by atomic mass is 16.6. The molecule has 7 nitrogen and oxygen atoms in total. The van der Waals surface area contributed by atoms with Crippen LogP contribution < -0.4 is 4.74 Å². The maximum absolute atomic E-state index is 12.1. The quantitative estimate of drug-likeness (QED) is 0.702. The summed E-state index contributed by atoms with van der Waals surface area (Å²) in [4.78, 5) is 23.4. The molecular weight excluding hydrogens is 340 g/mol. The number of esters is 2. The van der Waals surface area contributed by atoms with E-state index in [1.807, 2.05) is 0 Å². The van der Waals surface area contributed by atoms with Gasteiger partial charge in [0.2, 0.25) is 5.76 Å². The second-order valence-electron chi connectivity index (χ2n) is 5.80. The predicted molar refractivity (Wildman–Crippen MR) is 90.1 cm³/mol. The zero-order chi connectivity index (χ0) is 18.4. The largest absolute Gasteiger partial charge is 0.491 e. The van der Waals surface area contributed by atoms with Crippen LogP contribution in [0.3, 0.4) is 0 Å². The smallest absolute Gasteiger partial charge is 0.373 e. The van der Waals surface area contributed by atoms with Crippen molar-refractivity contribution in [2.24, 2.45) is 0 Å². The van der Waals surface area contributed by atoms with Crippen molar-refractivity contribution in [3.05, 3.63) is 53.5 Å². The Kier molecular flexibility index (Phi) is 5.91. The summed E-state index contributed by atoms with van der Waals surface area (Å²) in [7, 11) is 1.26. The van der Waals surface area contributed by atoms with Gasteiger partial charge in [-0.05, 0) is 49.2 Å². The van der Waals surface area contributed by atoms with E-state index in [1.165, 1.54) is 13.2 Å². The summed E-state index contributed by atoms with van der Waals surface area (Å²) in [5, 5.41) is 0. The number of benzene rings is 1. The van der Waals surface area contributed by atoms with Gasteiger partial charge in [-0.15, -0.1) is 0 Å². The number of rotatable bonds is 7. The van der Waals surface area contributed by atoms with Crippen LogP contribution in [0.5, 0.6) is 5.75 Å². The number of furan rings is 1. The molecule has 3 rings (SSSR count). The first kappa shape index (κ1) is 18.0. The normalized spacial score (nSPS) is 16.3. The van der Waals surface area contributed by atoms with Crippen molar-refractivity contribution in [2.75, 3.05) is 20.3 Å². The molecule has 26 heavy (non-hydrogen) atoms. The van der Waals surface area contributed by atoms with Gasteiger partial charge >= 0.3 is 11.9 Å². The fourth-order valence-electron chi connectivity index (χ4n) is 2.54. The highest BCUT2D eigenvalue weighted by molar-refractivity contribution is 5.89. The van der Waals surface area contributed by atoms with Crippen molar-refractivity contribution in [1.29, 1.82) is 0 Å². The van der Waals surface area contributed by atoms with Crippen LogP contribution in [0.25, 0.3) is 0 Å². The molecule has 0 amide bonds. The summed E-state index contributed by atoms with van der Waals surface area (Å²) in [5.41, 5.74) is 0.397. The minimum atomic E-state index is -0.582. The number of hydrogen-bond acceptors (Lipinski definition) is 7. The van der Waals surface area contributed by atoms with E-state index >= 15 is 0 Å². The van der Waals surface area contributed by atoms with Gasteiger partial charge in [0, 0.05) is 6.61 Å². The lowest BCUT2D eigenvalue weighted by atomic mass is 10.2. The average Bonchev–Trinajstić information content (AvgIpc) is 3.36.